The fourth-order valence-corrected chi connectivity index (χ4v) is 1.69. The van der Waals surface area contributed by atoms with Crippen LogP contribution in [0, 0.1) is 0 Å². The Morgan fingerprint density at radius 3 is 2.35 bits per heavy atom. The van der Waals surface area contributed by atoms with Gasteiger partial charge in [-0.25, -0.2) is 0 Å². The van der Waals surface area contributed by atoms with Gasteiger partial charge >= 0.3 is 0 Å². The molecule has 5 nitrogen and oxygen atoms in total. The number of carbonyl (C=O) groups excluding carboxylic acids is 1. The van der Waals surface area contributed by atoms with Crippen molar-refractivity contribution in [2.75, 3.05) is 10.2 Å². The fourth-order valence-electron chi connectivity index (χ4n) is 1.69. The highest BCUT2D eigenvalue weighted by Gasteiger charge is 2.16. The van der Waals surface area contributed by atoms with Gasteiger partial charge in [-0.15, -0.1) is 0 Å². The van der Waals surface area contributed by atoms with E-state index in [0.717, 1.165) is 0 Å². The summed E-state index contributed by atoms with van der Waals surface area (Å²) in [6, 6.07) is 6.94. The Labute approximate surface area is 101 Å². The molecule has 0 aliphatic rings. The van der Waals surface area contributed by atoms with Gasteiger partial charge in [0.25, 0.3) is 0 Å². The maximum Gasteiger partial charge on any atom is 0.221 e. The molecule has 94 valence electrons. The number of carbonyl (C=O) groups is 1. The molecule has 2 unspecified atom stereocenters. The molecule has 0 saturated carbocycles. The van der Waals surface area contributed by atoms with Crippen molar-refractivity contribution < 1.29 is 15.0 Å². The molecule has 3 N–H and O–H groups in total. The van der Waals surface area contributed by atoms with Gasteiger partial charge in [-0.05, 0) is 32.0 Å². The van der Waals surface area contributed by atoms with E-state index in [4.69, 9.17) is 0 Å². The van der Waals surface area contributed by atoms with Crippen LogP contribution in [0.1, 0.15) is 20.8 Å². The molecule has 0 spiro atoms. The first-order valence-electron chi connectivity index (χ1n) is 5.44. The van der Waals surface area contributed by atoms with Gasteiger partial charge in [-0.1, -0.05) is 6.07 Å². The van der Waals surface area contributed by atoms with E-state index in [-0.39, 0.29) is 5.91 Å². The zero-order valence-corrected chi connectivity index (χ0v) is 10.2. The van der Waals surface area contributed by atoms with Gasteiger partial charge in [0.1, 0.15) is 12.5 Å². The lowest BCUT2D eigenvalue weighted by Gasteiger charge is -2.30. The summed E-state index contributed by atoms with van der Waals surface area (Å²) >= 11 is 0. The van der Waals surface area contributed by atoms with Gasteiger partial charge in [0.15, 0.2) is 0 Å². The number of hydrogen-bond donors (Lipinski definition) is 3. The van der Waals surface area contributed by atoms with Crippen molar-refractivity contribution in [3.8, 4) is 0 Å². The van der Waals surface area contributed by atoms with E-state index < -0.39 is 12.5 Å². The quantitative estimate of drug-likeness (QED) is 0.687. The van der Waals surface area contributed by atoms with Crippen LogP contribution in [0.15, 0.2) is 24.3 Å². The van der Waals surface area contributed by atoms with Gasteiger partial charge in [-0.3, -0.25) is 4.79 Å². The van der Waals surface area contributed by atoms with Crippen LogP contribution in [-0.4, -0.2) is 28.6 Å². The second-order valence-corrected chi connectivity index (χ2v) is 3.90. The van der Waals surface area contributed by atoms with Crippen LogP contribution in [0.25, 0.3) is 0 Å². The third kappa shape index (κ3) is 3.72. The van der Waals surface area contributed by atoms with Crippen LogP contribution >= 0.6 is 0 Å². The lowest BCUT2D eigenvalue weighted by molar-refractivity contribution is -0.114. The van der Waals surface area contributed by atoms with E-state index in [0.29, 0.717) is 11.4 Å². The summed E-state index contributed by atoms with van der Waals surface area (Å²) in [5.74, 6) is -0.164. The molecule has 0 aromatic heterocycles. The zero-order chi connectivity index (χ0) is 13.0. The summed E-state index contributed by atoms with van der Waals surface area (Å²) in [6.07, 6.45) is -1.63. The Balaban J connectivity index is 3.00. The van der Waals surface area contributed by atoms with Crippen molar-refractivity contribution in [2.45, 2.75) is 33.2 Å². The van der Waals surface area contributed by atoms with Crippen molar-refractivity contribution >= 4 is 17.3 Å². The normalized spacial score (nSPS) is 13.9. The third-order valence-corrected chi connectivity index (χ3v) is 2.27. The molecule has 0 radical (unpaired) electrons. The summed E-state index contributed by atoms with van der Waals surface area (Å²) < 4.78 is 0. The first kappa shape index (κ1) is 13.5. The number of benzene rings is 1. The molecule has 0 fully saturated rings. The number of nitrogens with one attached hydrogen (secondary N) is 1. The zero-order valence-electron chi connectivity index (χ0n) is 10.2. The minimum Gasteiger partial charge on any atom is -0.374 e. The highest BCUT2D eigenvalue weighted by molar-refractivity contribution is 5.89. The first-order chi connectivity index (χ1) is 7.91. The second kappa shape index (κ2) is 5.65. The summed E-state index contributed by atoms with van der Waals surface area (Å²) in [4.78, 5) is 12.4. The molecule has 1 aromatic rings. The number of rotatable bonds is 4. The number of nitrogens with zero attached hydrogens (tertiary/aromatic N) is 1. The average molecular weight is 238 g/mol. The summed E-state index contributed by atoms with van der Waals surface area (Å²) in [7, 11) is 0. The van der Waals surface area contributed by atoms with Crippen LogP contribution in [-0.2, 0) is 4.79 Å². The van der Waals surface area contributed by atoms with Crippen LogP contribution in [0.5, 0.6) is 0 Å². The summed E-state index contributed by atoms with van der Waals surface area (Å²) in [5.41, 5.74) is 1.27. The van der Waals surface area contributed by atoms with Gasteiger partial charge in [-0.2, -0.15) is 0 Å². The smallest absolute Gasteiger partial charge is 0.221 e. The van der Waals surface area contributed by atoms with Crippen LogP contribution in [0.4, 0.5) is 11.4 Å². The van der Waals surface area contributed by atoms with Crippen molar-refractivity contribution in [1.82, 2.24) is 0 Å². The number of amides is 1. The minimum atomic E-state index is -0.817. The van der Waals surface area contributed by atoms with Gasteiger partial charge in [0, 0.05) is 18.3 Å². The van der Waals surface area contributed by atoms with E-state index >= 15 is 0 Å². The van der Waals surface area contributed by atoms with Crippen LogP contribution in [0.2, 0.25) is 0 Å². The van der Waals surface area contributed by atoms with E-state index in [1.54, 1.807) is 38.1 Å². The number of aliphatic hydroxyl groups excluding tert-OH is 2. The molecule has 0 aliphatic heterocycles. The lowest BCUT2D eigenvalue weighted by Crippen LogP contribution is -2.40. The molecular formula is C12H18N2O3. The van der Waals surface area contributed by atoms with Gasteiger partial charge in [0.2, 0.25) is 5.91 Å². The van der Waals surface area contributed by atoms with Crippen molar-refractivity contribution in [3.05, 3.63) is 24.3 Å². The number of hydrogen-bond acceptors (Lipinski definition) is 4. The molecular weight excluding hydrogens is 220 g/mol. The molecule has 2 atom stereocenters. The topological polar surface area (TPSA) is 72.8 Å². The second-order valence-electron chi connectivity index (χ2n) is 3.90. The number of aliphatic hydroxyl groups is 2. The highest BCUT2D eigenvalue weighted by atomic mass is 16.3. The Bertz CT molecular complexity index is 383. The van der Waals surface area contributed by atoms with E-state index in [1.807, 2.05) is 0 Å². The third-order valence-electron chi connectivity index (χ3n) is 2.27. The molecule has 5 heteroatoms. The Morgan fingerprint density at radius 1 is 1.29 bits per heavy atom. The average Bonchev–Trinajstić information content (AvgIpc) is 2.15. The maximum absolute atomic E-state index is 10.9. The monoisotopic (exact) mass is 238 g/mol. The molecule has 0 heterocycles. The van der Waals surface area contributed by atoms with Gasteiger partial charge in [0.05, 0.1) is 0 Å². The Kier molecular flexibility index (Phi) is 4.48. The summed E-state index contributed by atoms with van der Waals surface area (Å²) in [6.45, 7) is 4.56. The Morgan fingerprint density at radius 2 is 1.88 bits per heavy atom. The maximum atomic E-state index is 10.9. The van der Waals surface area contributed by atoms with E-state index in [9.17, 15) is 15.0 Å². The fraction of sp³-hybridized carbons (Fsp3) is 0.417. The van der Waals surface area contributed by atoms with Crippen molar-refractivity contribution in [3.63, 3.8) is 0 Å². The molecule has 0 bridgehead atoms. The van der Waals surface area contributed by atoms with Crippen molar-refractivity contribution in [1.29, 1.82) is 0 Å². The molecule has 1 rings (SSSR count). The highest BCUT2D eigenvalue weighted by Crippen LogP contribution is 2.22. The molecule has 17 heavy (non-hydrogen) atoms. The Hall–Kier alpha value is -1.59. The van der Waals surface area contributed by atoms with Crippen molar-refractivity contribution in [2.24, 2.45) is 0 Å². The largest absolute Gasteiger partial charge is 0.374 e. The lowest BCUT2D eigenvalue weighted by atomic mass is 10.2. The molecule has 1 aromatic carbocycles. The first-order valence-corrected chi connectivity index (χ1v) is 5.44. The SMILES string of the molecule is CC(=O)Nc1cccc(N(C(C)O)C(C)O)c1. The minimum absolute atomic E-state index is 0.164. The molecule has 1 amide bonds. The summed E-state index contributed by atoms with van der Waals surface area (Å²) in [5, 5.41) is 21.8. The molecule has 0 saturated heterocycles. The van der Waals surface area contributed by atoms with E-state index in [1.165, 1.54) is 11.8 Å². The van der Waals surface area contributed by atoms with Crippen LogP contribution < -0.4 is 10.2 Å². The van der Waals surface area contributed by atoms with E-state index in [2.05, 4.69) is 5.32 Å². The van der Waals surface area contributed by atoms with Crippen LogP contribution in [0.3, 0.4) is 0 Å². The molecule has 0 aliphatic carbocycles. The standard InChI is InChI=1S/C12H18N2O3/c1-8(15)13-11-5-4-6-12(7-11)14(9(2)16)10(3)17/h4-7,9-10,16-17H,1-3H3,(H,13,15). The number of anilines is 2. The predicted octanol–water partition coefficient (Wildman–Crippen LogP) is 1.13. The predicted molar refractivity (Wildman–Crippen MR) is 66.6 cm³/mol. The van der Waals surface area contributed by atoms with Gasteiger partial charge < -0.3 is 20.4 Å².